The van der Waals surface area contributed by atoms with E-state index in [-0.39, 0.29) is 29.8 Å². The summed E-state index contributed by atoms with van der Waals surface area (Å²) in [6.07, 6.45) is 0.983. The van der Waals surface area contributed by atoms with Crippen molar-refractivity contribution in [3.8, 4) is 0 Å². The van der Waals surface area contributed by atoms with Gasteiger partial charge in [-0.3, -0.25) is 13.9 Å². The molecule has 0 spiro atoms. The minimum absolute atomic E-state index is 0.0765. The second-order valence-corrected chi connectivity index (χ2v) is 14.0. The zero-order valence-corrected chi connectivity index (χ0v) is 28.5. The highest BCUT2D eigenvalue weighted by molar-refractivity contribution is 9.10. The lowest BCUT2D eigenvalue weighted by molar-refractivity contribution is -0.140. The fourth-order valence-corrected chi connectivity index (χ4v) is 7.01. The molecular formula is C36H40BrN3O4S. The van der Waals surface area contributed by atoms with Gasteiger partial charge in [-0.1, -0.05) is 95.7 Å². The predicted molar refractivity (Wildman–Crippen MR) is 183 cm³/mol. The van der Waals surface area contributed by atoms with Crippen molar-refractivity contribution in [1.82, 2.24) is 10.2 Å². The van der Waals surface area contributed by atoms with Crippen LogP contribution in [0.1, 0.15) is 42.5 Å². The van der Waals surface area contributed by atoms with Crippen LogP contribution in [0.15, 0.2) is 112 Å². The monoisotopic (exact) mass is 689 g/mol. The van der Waals surface area contributed by atoms with Crippen molar-refractivity contribution in [3.63, 3.8) is 0 Å². The van der Waals surface area contributed by atoms with Gasteiger partial charge in [-0.15, -0.1) is 0 Å². The molecule has 236 valence electrons. The molecule has 0 aliphatic heterocycles. The zero-order chi connectivity index (χ0) is 32.6. The van der Waals surface area contributed by atoms with Gasteiger partial charge in [-0.2, -0.15) is 0 Å². The van der Waals surface area contributed by atoms with Gasteiger partial charge in [-0.05, 0) is 79.8 Å². The van der Waals surface area contributed by atoms with Gasteiger partial charge in [0.05, 0.1) is 10.6 Å². The largest absolute Gasteiger partial charge is 0.352 e. The van der Waals surface area contributed by atoms with Crippen molar-refractivity contribution in [2.75, 3.05) is 10.8 Å². The summed E-state index contributed by atoms with van der Waals surface area (Å²) >= 11 is 3.52. The molecule has 0 heterocycles. The van der Waals surface area contributed by atoms with Gasteiger partial charge in [0.2, 0.25) is 11.8 Å². The van der Waals surface area contributed by atoms with E-state index in [4.69, 9.17) is 0 Å². The summed E-state index contributed by atoms with van der Waals surface area (Å²) in [5.41, 5.74) is 3.75. The summed E-state index contributed by atoms with van der Waals surface area (Å²) in [7, 11) is -4.15. The highest BCUT2D eigenvalue weighted by Crippen LogP contribution is 2.29. The number of anilines is 1. The average molecular weight is 691 g/mol. The Balaban J connectivity index is 1.83. The molecule has 0 fully saturated rings. The van der Waals surface area contributed by atoms with Gasteiger partial charge in [0.25, 0.3) is 10.0 Å². The van der Waals surface area contributed by atoms with Crippen molar-refractivity contribution in [2.24, 2.45) is 0 Å². The molecule has 9 heteroatoms. The zero-order valence-electron chi connectivity index (χ0n) is 26.1. The quantitative estimate of drug-likeness (QED) is 0.167. The summed E-state index contributed by atoms with van der Waals surface area (Å²) in [5, 5.41) is 3.07. The summed E-state index contributed by atoms with van der Waals surface area (Å²) in [6.45, 7) is 7.28. The molecule has 2 atom stereocenters. The number of hydrogen-bond donors (Lipinski definition) is 1. The van der Waals surface area contributed by atoms with Crippen LogP contribution in [0.25, 0.3) is 0 Å². The standard InChI is InChI=1S/C36H40BrN3O4S/c1-5-27(3)38-36(42)34(23-29-15-8-6-9-16-29)39(24-30-17-13-18-31(37)22-30)35(41)25-40(33-21-12-14-26(2)28(33)4)45(43,44)32-19-10-7-11-20-32/h6-22,27,34H,5,23-25H2,1-4H3,(H,38,42)/t27-,34+/m0/s1. The second kappa shape index (κ2) is 15.4. The molecule has 2 amide bonds. The lowest BCUT2D eigenvalue weighted by atomic mass is 10.0. The number of carbonyl (C=O) groups is 2. The Labute approximate surface area is 275 Å². The highest BCUT2D eigenvalue weighted by Gasteiger charge is 2.35. The maximum Gasteiger partial charge on any atom is 0.264 e. The third-order valence-corrected chi connectivity index (χ3v) is 10.2. The normalized spacial score (nSPS) is 12.6. The van der Waals surface area contributed by atoms with Crippen LogP contribution >= 0.6 is 15.9 Å². The van der Waals surface area contributed by atoms with Crippen LogP contribution in [0.5, 0.6) is 0 Å². The molecule has 0 aliphatic carbocycles. The Morgan fingerprint density at radius 2 is 1.47 bits per heavy atom. The van der Waals surface area contributed by atoms with E-state index in [0.29, 0.717) is 5.69 Å². The fraction of sp³-hybridized carbons (Fsp3) is 0.278. The van der Waals surface area contributed by atoms with Crippen molar-refractivity contribution in [1.29, 1.82) is 0 Å². The minimum atomic E-state index is -4.15. The number of halogens is 1. The van der Waals surface area contributed by atoms with Gasteiger partial charge < -0.3 is 10.2 Å². The maximum absolute atomic E-state index is 14.6. The summed E-state index contributed by atoms with van der Waals surface area (Å²) in [4.78, 5) is 30.2. The third kappa shape index (κ3) is 8.61. The minimum Gasteiger partial charge on any atom is -0.352 e. The highest BCUT2D eigenvalue weighted by atomic mass is 79.9. The number of rotatable bonds is 13. The molecule has 7 nitrogen and oxygen atoms in total. The number of aryl methyl sites for hydroxylation is 1. The van der Waals surface area contributed by atoms with Crippen LogP contribution in [0.4, 0.5) is 5.69 Å². The van der Waals surface area contributed by atoms with Crippen LogP contribution in [-0.4, -0.2) is 43.8 Å². The molecule has 4 aromatic carbocycles. The smallest absolute Gasteiger partial charge is 0.264 e. The van der Waals surface area contributed by atoms with Crippen LogP contribution in [0.3, 0.4) is 0 Å². The Morgan fingerprint density at radius 3 is 2.11 bits per heavy atom. The lowest BCUT2D eigenvalue weighted by Gasteiger charge is -2.34. The third-order valence-electron chi connectivity index (χ3n) is 7.97. The summed E-state index contributed by atoms with van der Waals surface area (Å²) in [6, 6.07) is 29.6. The topological polar surface area (TPSA) is 86.8 Å². The Kier molecular flexibility index (Phi) is 11.6. The molecule has 0 radical (unpaired) electrons. The van der Waals surface area contributed by atoms with E-state index in [9.17, 15) is 18.0 Å². The summed E-state index contributed by atoms with van der Waals surface area (Å²) < 4.78 is 30.4. The number of nitrogens with one attached hydrogen (secondary N) is 1. The van der Waals surface area contributed by atoms with Gasteiger partial charge >= 0.3 is 0 Å². The van der Waals surface area contributed by atoms with Crippen molar-refractivity contribution >= 4 is 43.5 Å². The molecule has 4 rings (SSSR count). The van der Waals surface area contributed by atoms with E-state index in [1.807, 2.05) is 88.4 Å². The molecular weight excluding hydrogens is 650 g/mol. The molecule has 1 N–H and O–H groups in total. The molecule has 0 aromatic heterocycles. The second-order valence-electron chi connectivity index (χ2n) is 11.2. The van der Waals surface area contributed by atoms with E-state index in [1.165, 1.54) is 21.3 Å². The van der Waals surface area contributed by atoms with Gasteiger partial charge in [-0.25, -0.2) is 8.42 Å². The first-order chi connectivity index (χ1) is 21.5. The van der Waals surface area contributed by atoms with E-state index in [0.717, 1.165) is 33.1 Å². The van der Waals surface area contributed by atoms with Crippen LogP contribution in [0.2, 0.25) is 0 Å². The van der Waals surface area contributed by atoms with Gasteiger partial charge in [0.1, 0.15) is 12.6 Å². The Bertz CT molecular complexity index is 1720. The first-order valence-electron chi connectivity index (χ1n) is 15.0. The van der Waals surface area contributed by atoms with E-state index < -0.39 is 28.5 Å². The predicted octanol–water partition coefficient (Wildman–Crippen LogP) is 6.82. The van der Waals surface area contributed by atoms with E-state index in [2.05, 4.69) is 21.2 Å². The number of sulfonamides is 1. The van der Waals surface area contributed by atoms with Crippen molar-refractivity contribution < 1.29 is 18.0 Å². The number of benzene rings is 4. The molecule has 0 bridgehead atoms. The van der Waals surface area contributed by atoms with E-state index >= 15 is 0 Å². The Morgan fingerprint density at radius 1 is 0.844 bits per heavy atom. The number of amides is 2. The van der Waals surface area contributed by atoms with Gasteiger partial charge in [0, 0.05) is 23.5 Å². The first kappa shape index (κ1) is 33.9. The van der Waals surface area contributed by atoms with Crippen LogP contribution < -0.4 is 9.62 Å². The lowest BCUT2D eigenvalue weighted by Crippen LogP contribution is -2.54. The first-order valence-corrected chi connectivity index (χ1v) is 17.3. The molecule has 45 heavy (non-hydrogen) atoms. The van der Waals surface area contributed by atoms with Gasteiger partial charge in [0.15, 0.2) is 0 Å². The van der Waals surface area contributed by atoms with Crippen LogP contribution in [0, 0.1) is 13.8 Å². The maximum atomic E-state index is 14.6. The number of carbonyl (C=O) groups excluding carboxylic acids is 2. The molecule has 0 unspecified atom stereocenters. The fourth-order valence-electron chi connectivity index (χ4n) is 5.07. The molecule has 0 saturated heterocycles. The molecule has 0 saturated carbocycles. The SMILES string of the molecule is CC[C@H](C)NC(=O)[C@@H](Cc1ccccc1)N(Cc1cccc(Br)c1)C(=O)CN(c1cccc(C)c1C)S(=O)(=O)c1ccccc1. The average Bonchev–Trinajstić information content (AvgIpc) is 3.03. The Hall–Kier alpha value is -3.95. The van der Waals surface area contributed by atoms with Crippen molar-refractivity contribution in [2.45, 2.75) is 64.1 Å². The van der Waals surface area contributed by atoms with Crippen LogP contribution in [-0.2, 0) is 32.6 Å². The molecule has 4 aromatic rings. The van der Waals surface area contributed by atoms with E-state index in [1.54, 1.807) is 30.3 Å². The molecule has 0 aliphatic rings. The number of hydrogen-bond acceptors (Lipinski definition) is 4. The number of nitrogens with zero attached hydrogens (tertiary/aromatic N) is 2. The van der Waals surface area contributed by atoms with Crippen molar-refractivity contribution in [3.05, 3.63) is 130 Å². The summed E-state index contributed by atoms with van der Waals surface area (Å²) in [5.74, 6) is -0.781.